The van der Waals surface area contributed by atoms with E-state index in [0.717, 1.165) is 6.54 Å². The maximum Gasteiger partial charge on any atom is 0.253 e. The molecule has 2 heterocycles. The molecule has 0 unspecified atom stereocenters. The maximum atomic E-state index is 5.51. The summed E-state index contributed by atoms with van der Waals surface area (Å²) in [6.45, 7) is 3.43. The van der Waals surface area contributed by atoms with Crippen molar-refractivity contribution in [3.63, 3.8) is 0 Å². The zero-order valence-corrected chi connectivity index (χ0v) is 9.80. The summed E-state index contributed by atoms with van der Waals surface area (Å²) in [5, 5.41) is 11.0. The van der Waals surface area contributed by atoms with Crippen molar-refractivity contribution >= 4 is 0 Å². The Labute approximate surface area is 99.0 Å². The second kappa shape index (κ2) is 5.40. The van der Waals surface area contributed by atoms with Crippen LogP contribution in [0.2, 0.25) is 0 Å². The number of hydrogen-bond donors (Lipinski definition) is 1. The summed E-state index contributed by atoms with van der Waals surface area (Å²) in [7, 11) is 1.56. The van der Waals surface area contributed by atoms with Gasteiger partial charge in [0.25, 0.3) is 5.89 Å². The van der Waals surface area contributed by atoms with Gasteiger partial charge in [0.15, 0.2) is 0 Å². The highest BCUT2D eigenvalue weighted by atomic mass is 16.5. The molecule has 90 valence electrons. The van der Waals surface area contributed by atoms with Crippen LogP contribution in [0.4, 0.5) is 0 Å². The van der Waals surface area contributed by atoms with Crippen molar-refractivity contribution in [3.8, 4) is 17.3 Å². The molecule has 0 aliphatic rings. The van der Waals surface area contributed by atoms with E-state index >= 15 is 0 Å². The van der Waals surface area contributed by atoms with Gasteiger partial charge in [0.1, 0.15) is 5.56 Å². The van der Waals surface area contributed by atoms with Gasteiger partial charge >= 0.3 is 0 Å². The van der Waals surface area contributed by atoms with Crippen LogP contribution in [0.25, 0.3) is 11.5 Å². The molecule has 0 radical (unpaired) electrons. The van der Waals surface area contributed by atoms with Crippen molar-refractivity contribution in [2.24, 2.45) is 0 Å². The second-order valence-electron chi connectivity index (χ2n) is 3.34. The van der Waals surface area contributed by atoms with Crippen molar-refractivity contribution in [3.05, 3.63) is 24.2 Å². The van der Waals surface area contributed by atoms with Crippen LogP contribution < -0.4 is 10.1 Å². The van der Waals surface area contributed by atoms with E-state index in [2.05, 4.69) is 20.5 Å². The van der Waals surface area contributed by atoms with Crippen molar-refractivity contribution in [2.45, 2.75) is 13.5 Å². The molecular weight excluding hydrogens is 220 g/mol. The first-order chi connectivity index (χ1) is 8.35. The standard InChI is InChI=1S/C11H14N4O2/c1-3-12-7-9-14-15-11(17-9)8-5-4-6-13-10(8)16-2/h4-6,12H,3,7H2,1-2H3. The van der Waals surface area contributed by atoms with Crippen LogP contribution in [0.15, 0.2) is 22.7 Å². The molecule has 2 aromatic rings. The van der Waals surface area contributed by atoms with Crippen LogP contribution in [-0.2, 0) is 6.54 Å². The Morgan fingerprint density at radius 1 is 1.41 bits per heavy atom. The third kappa shape index (κ3) is 2.59. The Morgan fingerprint density at radius 3 is 3.06 bits per heavy atom. The summed E-state index contributed by atoms with van der Waals surface area (Å²) in [5.74, 6) is 1.45. The van der Waals surface area contributed by atoms with Gasteiger partial charge in [-0.2, -0.15) is 0 Å². The van der Waals surface area contributed by atoms with Crippen molar-refractivity contribution in [1.82, 2.24) is 20.5 Å². The van der Waals surface area contributed by atoms with E-state index in [4.69, 9.17) is 9.15 Å². The van der Waals surface area contributed by atoms with Gasteiger partial charge in [-0.25, -0.2) is 4.98 Å². The molecule has 0 atom stereocenters. The van der Waals surface area contributed by atoms with E-state index in [9.17, 15) is 0 Å². The van der Waals surface area contributed by atoms with Crippen LogP contribution >= 0.6 is 0 Å². The first kappa shape index (κ1) is 11.5. The van der Waals surface area contributed by atoms with Crippen LogP contribution in [0.3, 0.4) is 0 Å². The molecule has 0 bridgehead atoms. The molecule has 0 aliphatic heterocycles. The Kier molecular flexibility index (Phi) is 3.66. The van der Waals surface area contributed by atoms with E-state index in [1.165, 1.54) is 0 Å². The van der Waals surface area contributed by atoms with E-state index in [1.54, 1.807) is 19.4 Å². The summed E-state index contributed by atoms with van der Waals surface area (Å²) in [6, 6.07) is 3.63. The number of rotatable bonds is 5. The largest absolute Gasteiger partial charge is 0.480 e. The third-order valence-electron chi connectivity index (χ3n) is 2.19. The van der Waals surface area contributed by atoms with Gasteiger partial charge in [-0.05, 0) is 18.7 Å². The lowest BCUT2D eigenvalue weighted by Gasteiger charge is -2.01. The molecule has 0 saturated heterocycles. The second-order valence-corrected chi connectivity index (χ2v) is 3.34. The lowest BCUT2D eigenvalue weighted by atomic mass is 10.3. The lowest BCUT2D eigenvalue weighted by Crippen LogP contribution is -2.11. The molecule has 0 saturated carbocycles. The van der Waals surface area contributed by atoms with Crippen molar-refractivity contribution < 1.29 is 9.15 Å². The van der Waals surface area contributed by atoms with E-state index in [-0.39, 0.29) is 0 Å². The van der Waals surface area contributed by atoms with Crippen molar-refractivity contribution in [1.29, 1.82) is 0 Å². The van der Waals surface area contributed by atoms with Crippen LogP contribution in [-0.4, -0.2) is 28.8 Å². The molecule has 2 rings (SSSR count). The van der Waals surface area contributed by atoms with E-state index in [0.29, 0.717) is 29.8 Å². The van der Waals surface area contributed by atoms with Gasteiger partial charge in [-0.15, -0.1) is 10.2 Å². The Hall–Kier alpha value is -1.95. The van der Waals surface area contributed by atoms with E-state index in [1.807, 2.05) is 13.0 Å². The molecule has 17 heavy (non-hydrogen) atoms. The van der Waals surface area contributed by atoms with Gasteiger partial charge in [-0.3, -0.25) is 0 Å². The monoisotopic (exact) mass is 234 g/mol. The van der Waals surface area contributed by atoms with Crippen LogP contribution in [0, 0.1) is 0 Å². The van der Waals surface area contributed by atoms with Gasteiger partial charge in [0, 0.05) is 6.20 Å². The molecule has 1 N–H and O–H groups in total. The maximum absolute atomic E-state index is 5.51. The van der Waals surface area contributed by atoms with Crippen LogP contribution in [0.5, 0.6) is 5.88 Å². The molecule has 0 aliphatic carbocycles. The number of aromatic nitrogens is 3. The highest BCUT2D eigenvalue weighted by Crippen LogP contribution is 2.25. The minimum absolute atomic E-state index is 0.419. The van der Waals surface area contributed by atoms with Crippen molar-refractivity contribution in [2.75, 3.05) is 13.7 Å². The van der Waals surface area contributed by atoms with Gasteiger partial charge in [0.05, 0.1) is 13.7 Å². The quantitative estimate of drug-likeness (QED) is 0.839. The smallest absolute Gasteiger partial charge is 0.253 e. The Bertz CT molecular complexity index is 484. The average Bonchev–Trinajstić information content (AvgIpc) is 2.85. The van der Waals surface area contributed by atoms with E-state index < -0.39 is 0 Å². The fourth-order valence-electron chi connectivity index (χ4n) is 1.38. The summed E-state index contributed by atoms with van der Waals surface area (Å²) >= 11 is 0. The zero-order valence-electron chi connectivity index (χ0n) is 9.80. The fourth-order valence-corrected chi connectivity index (χ4v) is 1.38. The molecule has 6 nitrogen and oxygen atoms in total. The average molecular weight is 234 g/mol. The number of methoxy groups -OCH3 is 1. The predicted molar refractivity (Wildman–Crippen MR) is 61.5 cm³/mol. The molecule has 2 aromatic heterocycles. The first-order valence-corrected chi connectivity index (χ1v) is 5.37. The molecular formula is C11H14N4O2. The topological polar surface area (TPSA) is 73.1 Å². The SMILES string of the molecule is CCNCc1nnc(-c2cccnc2OC)o1. The summed E-state index contributed by atoms with van der Waals surface area (Å²) in [4.78, 5) is 4.08. The number of nitrogens with one attached hydrogen (secondary N) is 1. The third-order valence-corrected chi connectivity index (χ3v) is 2.19. The number of ether oxygens (including phenoxy) is 1. The summed E-state index contributed by atoms with van der Waals surface area (Å²) < 4.78 is 10.6. The first-order valence-electron chi connectivity index (χ1n) is 5.37. The summed E-state index contributed by atoms with van der Waals surface area (Å²) in [5.41, 5.74) is 0.699. The molecule has 6 heteroatoms. The number of hydrogen-bond acceptors (Lipinski definition) is 6. The Morgan fingerprint density at radius 2 is 2.29 bits per heavy atom. The molecule has 0 fully saturated rings. The minimum atomic E-state index is 0.419. The van der Waals surface area contributed by atoms with Gasteiger partial charge in [0.2, 0.25) is 11.8 Å². The molecule has 0 amide bonds. The lowest BCUT2D eigenvalue weighted by molar-refractivity contribution is 0.396. The highest BCUT2D eigenvalue weighted by molar-refractivity contribution is 5.59. The number of nitrogens with zero attached hydrogens (tertiary/aromatic N) is 3. The van der Waals surface area contributed by atoms with Crippen LogP contribution in [0.1, 0.15) is 12.8 Å². The molecule has 0 spiro atoms. The summed E-state index contributed by atoms with van der Waals surface area (Å²) in [6.07, 6.45) is 1.65. The number of pyridine rings is 1. The molecule has 0 aromatic carbocycles. The minimum Gasteiger partial charge on any atom is -0.480 e. The fraction of sp³-hybridized carbons (Fsp3) is 0.364. The van der Waals surface area contributed by atoms with Gasteiger partial charge < -0.3 is 14.5 Å². The highest BCUT2D eigenvalue weighted by Gasteiger charge is 2.13. The predicted octanol–water partition coefficient (Wildman–Crippen LogP) is 1.25. The normalized spacial score (nSPS) is 10.5. The van der Waals surface area contributed by atoms with Gasteiger partial charge in [-0.1, -0.05) is 6.92 Å². The zero-order chi connectivity index (χ0) is 12.1. The Balaban J connectivity index is 2.24.